The normalized spacial score (nSPS) is 12.1. The second-order valence-corrected chi connectivity index (χ2v) is 5.33. The van der Waals surface area contributed by atoms with Crippen molar-refractivity contribution in [2.75, 3.05) is 0 Å². The smallest absolute Gasteiger partial charge is 0.312 e. The fourth-order valence-electron chi connectivity index (χ4n) is 2.00. The van der Waals surface area contributed by atoms with Crippen molar-refractivity contribution in [1.29, 1.82) is 0 Å². The third-order valence-electron chi connectivity index (χ3n) is 3.14. The van der Waals surface area contributed by atoms with E-state index in [1.807, 2.05) is 31.2 Å². The molecule has 0 amide bonds. The van der Waals surface area contributed by atoms with Gasteiger partial charge in [-0.1, -0.05) is 41.1 Å². The summed E-state index contributed by atoms with van der Waals surface area (Å²) in [5.74, 6) is -1.54. The summed E-state index contributed by atoms with van der Waals surface area (Å²) in [6.45, 7) is 1.98. The van der Waals surface area contributed by atoms with E-state index < -0.39 is 11.9 Å². The Morgan fingerprint density at radius 3 is 2.75 bits per heavy atom. The Morgan fingerprint density at radius 2 is 2.10 bits per heavy atom. The molecule has 0 aliphatic heterocycles. The highest BCUT2D eigenvalue weighted by atomic mass is 79.9. The predicted molar refractivity (Wildman–Crippen MR) is 79.6 cm³/mol. The minimum Gasteiger partial charge on any atom is -0.481 e. The minimum absolute atomic E-state index is 0.400. The molecule has 0 radical (unpaired) electrons. The molecule has 0 saturated carbocycles. The number of carboxylic acid groups (broad SMARTS) is 1. The Hall–Kier alpha value is -1.75. The molecule has 0 saturated heterocycles. The number of carbonyl (C=O) groups is 1. The van der Waals surface area contributed by atoms with Gasteiger partial charge in [0.25, 0.3) is 0 Å². The molecule has 4 nitrogen and oxygen atoms in total. The van der Waals surface area contributed by atoms with Gasteiger partial charge in [0.2, 0.25) is 0 Å². The van der Waals surface area contributed by atoms with Gasteiger partial charge in [0, 0.05) is 10.2 Å². The third kappa shape index (κ3) is 3.42. The molecule has 1 atom stereocenters. The Kier molecular flexibility index (Phi) is 4.84. The van der Waals surface area contributed by atoms with Crippen molar-refractivity contribution in [2.24, 2.45) is 0 Å². The molecule has 1 heterocycles. The van der Waals surface area contributed by atoms with Crippen molar-refractivity contribution in [3.63, 3.8) is 0 Å². The van der Waals surface area contributed by atoms with Crippen LogP contribution in [-0.2, 0) is 17.6 Å². The largest absolute Gasteiger partial charge is 0.481 e. The lowest BCUT2D eigenvalue weighted by molar-refractivity contribution is -0.138. The van der Waals surface area contributed by atoms with E-state index in [0.717, 1.165) is 22.2 Å². The van der Waals surface area contributed by atoms with Crippen molar-refractivity contribution in [3.8, 4) is 0 Å². The summed E-state index contributed by atoms with van der Waals surface area (Å²) in [4.78, 5) is 19.8. The molecule has 0 aliphatic rings. The van der Waals surface area contributed by atoms with Gasteiger partial charge in [-0.2, -0.15) is 0 Å². The maximum Gasteiger partial charge on any atom is 0.312 e. The number of halogens is 1. The van der Waals surface area contributed by atoms with E-state index in [-0.39, 0.29) is 0 Å². The first kappa shape index (κ1) is 14.7. The van der Waals surface area contributed by atoms with Crippen LogP contribution in [0.15, 0.2) is 41.1 Å². The van der Waals surface area contributed by atoms with Crippen molar-refractivity contribution in [3.05, 3.63) is 58.1 Å². The van der Waals surface area contributed by atoms with E-state index in [4.69, 9.17) is 0 Å². The van der Waals surface area contributed by atoms with Gasteiger partial charge in [-0.15, -0.1) is 0 Å². The molecule has 0 fully saturated rings. The van der Waals surface area contributed by atoms with Gasteiger partial charge in [-0.05, 0) is 30.5 Å². The van der Waals surface area contributed by atoms with E-state index >= 15 is 0 Å². The van der Waals surface area contributed by atoms with Crippen LogP contribution in [-0.4, -0.2) is 21.0 Å². The molecule has 2 rings (SSSR count). The van der Waals surface area contributed by atoms with Gasteiger partial charge in [-0.25, -0.2) is 9.97 Å². The molecule has 1 N–H and O–H groups in total. The monoisotopic (exact) mass is 334 g/mol. The first-order valence-corrected chi connectivity index (χ1v) is 7.18. The number of nitrogens with zero attached hydrogens (tertiary/aromatic N) is 2. The molecule has 20 heavy (non-hydrogen) atoms. The second kappa shape index (κ2) is 6.61. The minimum atomic E-state index is -0.874. The Labute approximate surface area is 126 Å². The zero-order valence-electron chi connectivity index (χ0n) is 11.1. The van der Waals surface area contributed by atoms with Gasteiger partial charge >= 0.3 is 5.97 Å². The van der Waals surface area contributed by atoms with Crippen LogP contribution in [0.25, 0.3) is 0 Å². The van der Waals surface area contributed by atoms with Crippen molar-refractivity contribution >= 4 is 21.9 Å². The average Bonchev–Trinajstić information content (AvgIpc) is 2.46. The Morgan fingerprint density at radius 1 is 1.35 bits per heavy atom. The molecule has 2 aromatic rings. The summed E-state index contributed by atoms with van der Waals surface area (Å²) in [5, 5.41) is 9.47. The molecule has 0 spiro atoms. The second-order valence-electron chi connectivity index (χ2n) is 4.47. The van der Waals surface area contributed by atoms with Crippen LogP contribution in [0.3, 0.4) is 0 Å². The summed E-state index contributed by atoms with van der Waals surface area (Å²) in [6, 6.07) is 9.41. The van der Waals surface area contributed by atoms with Gasteiger partial charge in [0.1, 0.15) is 12.2 Å². The quantitative estimate of drug-likeness (QED) is 0.911. The van der Waals surface area contributed by atoms with E-state index in [1.54, 1.807) is 6.07 Å². The Balaban J connectivity index is 2.32. The van der Waals surface area contributed by atoms with Crippen molar-refractivity contribution < 1.29 is 9.90 Å². The molecule has 5 heteroatoms. The Bertz CT molecular complexity index is 616. The van der Waals surface area contributed by atoms with Gasteiger partial charge in [-0.3, -0.25) is 4.79 Å². The highest BCUT2D eigenvalue weighted by Gasteiger charge is 2.23. The lowest BCUT2D eigenvalue weighted by Crippen LogP contribution is -2.16. The van der Waals surface area contributed by atoms with E-state index in [0.29, 0.717) is 12.1 Å². The standard InChI is InChI=1S/C15H15BrN2O2/c1-2-11-8-14(18-9-17-11)12(15(19)20)7-10-5-3-4-6-13(10)16/h3-6,8-9,12H,2,7H2,1H3,(H,19,20). The number of aryl methyl sites for hydroxylation is 1. The number of hydrogen-bond acceptors (Lipinski definition) is 3. The first-order chi connectivity index (χ1) is 9.61. The number of aliphatic carboxylic acids is 1. The van der Waals surface area contributed by atoms with Crippen LogP contribution in [0.1, 0.15) is 29.8 Å². The molecule has 0 bridgehead atoms. The molecule has 0 aliphatic carbocycles. The predicted octanol–water partition coefficient (Wildman–Crippen LogP) is 3.21. The number of benzene rings is 1. The van der Waals surface area contributed by atoms with Crippen molar-refractivity contribution in [1.82, 2.24) is 9.97 Å². The summed E-state index contributed by atoms with van der Waals surface area (Å²) in [5.41, 5.74) is 2.37. The number of aromatic nitrogens is 2. The zero-order valence-corrected chi connectivity index (χ0v) is 12.7. The van der Waals surface area contributed by atoms with E-state index in [1.165, 1.54) is 6.33 Å². The summed E-state index contributed by atoms with van der Waals surface area (Å²) < 4.78 is 0.913. The van der Waals surface area contributed by atoms with Crippen LogP contribution >= 0.6 is 15.9 Å². The number of rotatable bonds is 5. The SMILES string of the molecule is CCc1cc(C(Cc2ccccc2Br)C(=O)O)ncn1. The molecule has 1 unspecified atom stereocenters. The van der Waals surface area contributed by atoms with Gasteiger partial charge in [0.05, 0.1) is 5.69 Å². The molecular formula is C15H15BrN2O2. The fraction of sp³-hybridized carbons (Fsp3) is 0.267. The van der Waals surface area contributed by atoms with Crippen molar-refractivity contribution in [2.45, 2.75) is 25.7 Å². The molecule has 1 aromatic carbocycles. The first-order valence-electron chi connectivity index (χ1n) is 6.38. The molecule has 104 valence electrons. The lowest BCUT2D eigenvalue weighted by atomic mass is 9.95. The summed E-state index contributed by atoms with van der Waals surface area (Å²) in [6.07, 6.45) is 2.60. The van der Waals surface area contributed by atoms with Gasteiger partial charge < -0.3 is 5.11 Å². The lowest BCUT2D eigenvalue weighted by Gasteiger charge is -2.13. The molecule has 1 aromatic heterocycles. The highest BCUT2D eigenvalue weighted by Crippen LogP contribution is 2.25. The van der Waals surface area contributed by atoms with Crippen LogP contribution < -0.4 is 0 Å². The number of carboxylic acids is 1. The van der Waals surface area contributed by atoms with Gasteiger partial charge in [0.15, 0.2) is 0 Å². The van der Waals surface area contributed by atoms with Crippen LogP contribution in [0.5, 0.6) is 0 Å². The zero-order chi connectivity index (χ0) is 14.5. The summed E-state index contributed by atoms with van der Waals surface area (Å²) in [7, 11) is 0. The maximum absolute atomic E-state index is 11.5. The third-order valence-corrected chi connectivity index (χ3v) is 3.92. The maximum atomic E-state index is 11.5. The van der Waals surface area contributed by atoms with Crippen LogP contribution in [0, 0.1) is 0 Å². The summed E-state index contributed by atoms with van der Waals surface area (Å²) >= 11 is 3.45. The topological polar surface area (TPSA) is 63.1 Å². The number of hydrogen-bond donors (Lipinski definition) is 1. The van der Waals surface area contributed by atoms with Crippen LogP contribution in [0.4, 0.5) is 0 Å². The highest BCUT2D eigenvalue weighted by molar-refractivity contribution is 9.10. The van der Waals surface area contributed by atoms with E-state index in [9.17, 15) is 9.90 Å². The molecular weight excluding hydrogens is 320 g/mol. The van der Waals surface area contributed by atoms with Crippen LogP contribution in [0.2, 0.25) is 0 Å². The average molecular weight is 335 g/mol. The van der Waals surface area contributed by atoms with E-state index in [2.05, 4.69) is 25.9 Å². The fourth-order valence-corrected chi connectivity index (χ4v) is 2.45.